The number of non-ortho nitro benzene ring substituents is 1. The number of pyridine rings is 1. The number of amides is 1. The third-order valence-electron chi connectivity index (χ3n) is 3.64. The standard InChI is InChI=1S/C18H15N3O3S/c22-18(15-4-6-17(7-5-15)21(23)24)20(11-14-8-10-25-13-14)12-16-3-1-2-9-19-16/h1-10,13H,11-12H2. The molecule has 0 aliphatic carbocycles. The lowest BCUT2D eigenvalue weighted by atomic mass is 10.1. The molecule has 0 aliphatic heterocycles. The van der Waals surface area contributed by atoms with Crippen LogP contribution in [0, 0.1) is 10.1 Å². The molecule has 1 amide bonds. The van der Waals surface area contributed by atoms with Gasteiger partial charge in [-0.25, -0.2) is 0 Å². The smallest absolute Gasteiger partial charge is 0.269 e. The maximum absolute atomic E-state index is 12.9. The van der Waals surface area contributed by atoms with E-state index in [1.165, 1.54) is 24.3 Å². The first-order valence-corrected chi connectivity index (χ1v) is 8.52. The van der Waals surface area contributed by atoms with E-state index in [-0.39, 0.29) is 11.6 Å². The fourth-order valence-electron chi connectivity index (χ4n) is 2.40. The van der Waals surface area contributed by atoms with E-state index in [1.54, 1.807) is 22.4 Å². The van der Waals surface area contributed by atoms with Crippen molar-refractivity contribution in [3.8, 4) is 0 Å². The number of thiophene rings is 1. The highest BCUT2D eigenvalue weighted by Crippen LogP contribution is 2.17. The van der Waals surface area contributed by atoms with E-state index in [0.717, 1.165) is 11.3 Å². The monoisotopic (exact) mass is 353 g/mol. The number of nitro benzene ring substituents is 1. The molecule has 2 aromatic heterocycles. The highest BCUT2D eigenvalue weighted by Gasteiger charge is 2.18. The van der Waals surface area contributed by atoms with Crippen LogP contribution in [0.2, 0.25) is 0 Å². The molecule has 0 fully saturated rings. The minimum absolute atomic E-state index is 0.0364. The van der Waals surface area contributed by atoms with Crippen LogP contribution in [-0.2, 0) is 13.1 Å². The molecular weight excluding hydrogens is 338 g/mol. The minimum atomic E-state index is -0.481. The van der Waals surface area contributed by atoms with Crippen molar-refractivity contribution in [2.24, 2.45) is 0 Å². The second-order valence-corrected chi connectivity index (χ2v) is 6.20. The number of rotatable bonds is 6. The molecule has 0 spiro atoms. The molecule has 1 aromatic carbocycles. The Kier molecular flexibility index (Phi) is 5.15. The fourth-order valence-corrected chi connectivity index (χ4v) is 3.06. The lowest BCUT2D eigenvalue weighted by Gasteiger charge is -2.22. The maximum atomic E-state index is 12.9. The molecule has 25 heavy (non-hydrogen) atoms. The summed E-state index contributed by atoms with van der Waals surface area (Å²) in [6.07, 6.45) is 1.69. The highest BCUT2D eigenvalue weighted by atomic mass is 32.1. The predicted molar refractivity (Wildman–Crippen MR) is 95.2 cm³/mol. The van der Waals surface area contributed by atoms with Gasteiger partial charge in [0, 0.05) is 30.4 Å². The molecule has 0 N–H and O–H groups in total. The predicted octanol–water partition coefficient (Wildman–Crippen LogP) is 3.89. The van der Waals surface area contributed by atoms with Crippen LogP contribution < -0.4 is 0 Å². The maximum Gasteiger partial charge on any atom is 0.269 e. The van der Waals surface area contributed by atoms with Gasteiger partial charge in [0.1, 0.15) is 0 Å². The molecule has 6 nitrogen and oxygen atoms in total. The van der Waals surface area contributed by atoms with Gasteiger partial charge in [-0.15, -0.1) is 0 Å². The van der Waals surface area contributed by atoms with Crippen LogP contribution in [-0.4, -0.2) is 20.7 Å². The Hall–Kier alpha value is -3.06. The Labute approximate surface area is 148 Å². The van der Waals surface area contributed by atoms with Crippen molar-refractivity contribution in [1.29, 1.82) is 0 Å². The molecule has 0 bridgehead atoms. The number of carbonyl (C=O) groups is 1. The van der Waals surface area contributed by atoms with Crippen molar-refractivity contribution in [3.63, 3.8) is 0 Å². The summed E-state index contributed by atoms with van der Waals surface area (Å²) in [5, 5.41) is 14.7. The van der Waals surface area contributed by atoms with Crippen molar-refractivity contribution in [3.05, 3.63) is 92.4 Å². The Morgan fingerprint density at radius 3 is 2.52 bits per heavy atom. The number of hydrogen-bond acceptors (Lipinski definition) is 5. The third-order valence-corrected chi connectivity index (χ3v) is 4.38. The summed E-state index contributed by atoms with van der Waals surface area (Å²) in [5.41, 5.74) is 2.20. The van der Waals surface area contributed by atoms with Crippen molar-refractivity contribution >= 4 is 22.9 Å². The van der Waals surface area contributed by atoms with Crippen molar-refractivity contribution < 1.29 is 9.72 Å². The molecular formula is C18H15N3O3S. The van der Waals surface area contributed by atoms with Gasteiger partial charge in [0.15, 0.2) is 0 Å². The van der Waals surface area contributed by atoms with E-state index in [1.807, 2.05) is 35.0 Å². The highest BCUT2D eigenvalue weighted by molar-refractivity contribution is 7.07. The first-order chi connectivity index (χ1) is 12.1. The van der Waals surface area contributed by atoms with E-state index in [0.29, 0.717) is 18.7 Å². The van der Waals surface area contributed by atoms with Crippen LogP contribution >= 0.6 is 11.3 Å². The average Bonchev–Trinajstić information content (AvgIpc) is 3.14. The Morgan fingerprint density at radius 1 is 1.12 bits per heavy atom. The SMILES string of the molecule is O=C(c1ccc([N+](=O)[O-])cc1)N(Cc1ccsc1)Cc1ccccn1. The minimum Gasteiger partial charge on any atom is -0.328 e. The molecule has 0 radical (unpaired) electrons. The molecule has 3 aromatic rings. The Morgan fingerprint density at radius 2 is 1.92 bits per heavy atom. The molecule has 0 saturated heterocycles. The van der Waals surface area contributed by atoms with Crippen LogP contribution in [0.3, 0.4) is 0 Å². The zero-order valence-corrected chi connectivity index (χ0v) is 14.1. The van der Waals surface area contributed by atoms with Gasteiger partial charge >= 0.3 is 0 Å². The summed E-state index contributed by atoms with van der Waals surface area (Å²) in [4.78, 5) is 29.1. The van der Waals surface area contributed by atoms with E-state index < -0.39 is 4.92 Å². The van der Waals surface area contributed by atoms with Gasteiger partial charge in [-0.05, 0) is 46.7 Å². The second-order valence-electron chi connectivity index (χ2n) is 5.42. The van der Waals surface area contributed by atoms with Gasteiger partial charge in [0.2, 0.25) is 0 Å². The number of carbonyl (C=O) groups excluding carboxylic acids is 1. The quantitative estimate of drug-likeness (QED) is 0.497. The summed E-state index contributed by atoms with van der Waals surface area (Å²) in [6.45, 7) is 0.822. The van der Waals surface area contributed by atoms with Crippen LogP contribution in [0.15, 0.2) is 65.5 Å². The van der Waals surface area contributed by atoms with Gasteiger partial charge in [-0.2, -0.15) is 11.3 Å². The van der Waals surface area contributed by atoms with Crippen molar-refractivity contribution in [1.82, 2.24) is 9.88 Å². The van der Waals surface area contributed by atoms with E-state index in [9.17, 15) is 14.9 Å². The topological polar surface area (TPSA) is 76.3 Å². The van der Waals surface area contributed by atoms with Crippen LogP contribution in [0.4, 0.5) is 5.69 Å². The van der Waals surface area contributed by atoms with Crippen molar-refractivity contribution in [2.75, 3.05) is 0 Å². The lowest BCUT2D eigenvalue weighted by molar-refractivity contribution is -0.384. The lowest BCUT2D eigenvalue weighted by Crippen LogP contribution is -2.30. The summed E-state index contributed by atoms with van der Waals surface area (Å²) < 4.78 is 0. The van der Waals surface area contributed by atoms with Crippen molar-refractivity contribution in [2.45, 2.75) is 13.1 Å². The van der Waals surface area contributed by atoms with Crippen LogP contribution in [0.1, 0.15) is 21.6 Å². The normalized spacial score (nSPS) is 10.4. The molecule has 7 heteroatoms. The largest absolute Gasteiger partial charge is 0.328 e. The number of nitro groups is 1. The molecule has 0 aliphatic rings. The summed E-state index contributed by atoms with van der Waals surface area (Å²) in [5.74, 6) is -0.188. The molecule has 0 saturated carbocycles. The van der Waals surface area contributed by atoms with Gasteiger partial charge in [0.25, 0.3) is 11.6 Å². The Bertz CT molecular complexity index is 849. The van der Waals surface area contributed by atoms with E-state index in [2.05, 4.69) is 4.98 Å². The first kappa shape index (κ1) is 16.8. The molecule has 0 unspecified atom stereocenters. The molecule has 2 heterocycles. The first-order valence-electron chi connectivity index (χ1n) is 7.58. The summed E-state index contributed by atoms with van der Waals surface area (Å²) in [6, 6.07) is 13.2. The van der Waals surface area contributed by atoms with E-state index in [4.69, 9.17) is 0 Å². The van der Waals surface area contributed by atoms with Crippen LogP contribution in [0.25, 0.3) is 0 Å². The van der Waals surface area contributed by atoms with E-state index >= 15 is 0 Å². The van der Waals surface area contributed by atoms with Gasteiger partial charge in [-0.3, -0.25) is 19.9 Å². The average molecular weight is 353 g/mol. The summed E-state index contributed by atoms with van der Waals surface area (Å²) in [7, 11) is 0. The second kappa shape index (κ2) is 7.67. The van der Waals surface area contributed by atoms with Gasteiger partial charge < -0.3 is 4.90 Å². The van der Waals surface area contributed by atoms with Gasteiger partial charge in [-0.1, -0.05) is 6.07 Å². The third kappa shape index (κ3) is 4.27. The summed E-state index contributed by atoms with van der Waals surface area (Å²) >= 11 is 1.57. The molecule has 0 atom stereocenters. The number of benzene rings is 1. The fraction of sp³-hybridized carbons (Fsp3) is 0.111. The zero-order valence-electron chi connectivity index (χ0n) is 13.2. The molecule has 126 valence electrons. The zero-order chi connectivity index (χ0) is 17.6. The number of hydrogen-bond donors (Lipinski definition) is 0. The number of nitrogens with zero attached hydrogens (tertiary/aromatic N) is 3. The Balaban J connectivity index is 1.84. The molecule has 3 rings (SSSR count). The number of aromatic nitrogens is 1. The van der Waals surface area contributed by atoms with Crippen LogP contribution in [0.5, 0.6) is 0 Å². The van der Waals surface area contributed by atoms with Gasteiger partial charge in [0.05, 0.1) is 17.2 Å².